The molecule has 0 unspecified atom stereocenters. The molecule has 1 heterocycles. The van der Waals surface area contributed by atoms with E-state index >= 15 is 0 Å². The van der Waals surface area contributed by atoms with Crippen LogP contribution in [-0.4, -0.2) is 38.3 Å². The number of nitrogens with two attached hydrogens (primary N) is 1. The van der Waals surface area contributed by atoms with E-state index in [1.165, 1.54) is 32.4 Å². The summed E-state index contributed by atoms with van der Waals surface area (Å²) in [6.45, 7) is 6.05. The standard InChI is InChI=1S/C16H26N2O2/c1-13(17)14-6-7-15(16(12-14)19-2)20-11-10-18-8-4-3-5-9-18/h6-7,12-13H,3-5,8-11,17H2,1-2H3/t13-/m1/s1. The molecule has 1 aromatic rings. The Morgan fingerprint density at radius 1 is 1.20 bits per heavy atom. The number of hydrogen-bond donors (Lipinski definition) is 1. The van der Waals surface area contributed by atoms with Gasteiger partial charge in [-0.05, 0) is 50.6 Å². The molecule has 0 amide bonds. The van der Waals surface area contributed by atoms with E-state index < -0.39 is 0 Å². The van der Waals surface area contributed by atoms with Gasteiger partial charge in [-0.2, -0.15) is 0 Å². The summed E-state index contributed by atoms with van der Waals surface area (Å²) in [5.74, 6) is 1.56. The first-order valence-electron chi connectivity index (χ1n) is 7.49. The van der Waals surface area contributed by atoms with Crippen LogP contribution in [0.25, 0.3) is 0 Å². The molecule has 0 aliphatic carbocycles. The van der Waals surface area contributed by atoms with Crippen LogP contribution >= 0.6 is 0 Å². The van der Waals surface area contributed by atoms with Gasteiger partial charge in [-0.1, -0.05) is 12.5 Å². The number of likely N-dealkylation sites (tertiary alicyclic amines) is 1. The molecule has 0 spiro atoms. The predicted molar refractivity (Wildman–Crippen MR) is 81.4 cm³/mol. The van der Waals surface area contributed by atoms with E-state index in [2.05, 4.69) is 4.90 Å². The summed E-state index contributed by atoms with van der Waals surface area (Å²) in [7, 11) is 1.66. The Morgan fingerprint density at radius 2 is 1.95 bits per heavy atom. The number of rotatable bonds is 6. The minimum atomic E-state index is 0.00583. The maximum atomic E-state index is 5.88. The van der Waals surface area contributed by atoms with Gasteiger partial charge in [0.25, 0.3) is 0 Å². The highest BCUT2D eigenvalue weighted by Gasteiger charge is 2.11. The van der Waals surface area contributed by atoms with Crippen molar-refractivity contribution in [2.45, 2.75) is 32.2 Å². The van der Waals surface area contributed by atoms with E-state index in [-0.39, 0.29) is 6.04 Å². The molecule has 1 aliphatic rings. The third-order valence-electron chi connectivity index (χ3n) is 3.83. The summed E-state index contributed by atoms with van der Waals surface area (Å²) >= 11 is 0. The second-order valence-corrected chi connectivity index (χ2v) is 5.45. The predicted octanol–water partition coefficient (Wildman–Crippen LogP) is 2.58. The fourth-order valence-corrected chi connectivity index (χ4v) is 2.55. The lowest BCUT2D eigenvalue weighted by molar-refractivity contribution is 0.180. The number of nitrogens with zero attached hydrogens (tertiary/aromatic N) is 1. The zero-order valence-corrected chi connectivity index (χ0v) is 12.6. The maximum absolute atomic E-state index is 5.88. The van der Waals surface area contributed by atoms with E-state index in [0.29, 0.717) is 6.61 Å². The first kappa shape index (κ1) is 15.1. The van der Waals surface area contributed by atoms with Crippen LogP contribution in [0, 0.1) is 0 Å². The van der Waals surface area contributed by atoms with Gasteiger partial charge in [0.15, 0.2) is 11.5 Å². The van der Waals surface area contributed by atoms with Crippen LogP contribution < -0.4 is 15.2 Å². The fraction of sp³-hybridized carbons (Fsp3) is 0.625. The normalized spacial score (nSPS) is 17.8. The third kappa shape index (κ3) is 4.12. The minimum absolute atomic E-state index is 0.00583. The Hall–Kier alpha value is -1.26. The van der Waals surface area contributed by atoms with Gasteiger partial charge < -0.3 is 15.2 Å². The summed E-state index contributed by atoms with van der Waals surface area (Å²) in [6, 6.07) is 5.92. The van der Waals surface area contributed by atoms with E-state index in [4.69, 9.17) is 15.2 Å². The maximum Gasteiger partial charge on any atom is 0.161 e. The van der Waals surface area contributed by atoms with Crippen molar-refractivity contribution in [2.75, 3.05) is 33.4 Å². The first-order valence-corrected chi connectivity index (χ1v) is 7.49. The molecule has 2 rings (SSSR count). The van der Waals surface area contributed by atoms with Gasteiger partial charge >= 0.3 is 0 Å². The summed E-state index contributed by atoms with van der Waals surface area (Å²) in [4.78, 5) is 2.46. The average molecular weight is 278 g/mol. The summed E-state index contributed by atoms with van der Waals surface area (Å²) in [6.07, 6.45) is 3.99. The molecule has 1 fully saturated rings. The lowest BCUT2D eigenvalue weighted by atomic mass is 10.1. The van der Waals surface area contributed by atoms with Crippen LogP contribution in [0.4, 0.5) is 0 Å². The smallest absolute Gasteiger partial charge is 0.161 e. The molecule has 1 atom stereocenters. The topological polar surface area (TPSA) is 47.7 Å². The molecule has 0 radical (unpaired) electrons. The lowest BCUT2D eigenvalue weighted by Crippen LogP contribution is -2.33. The van der Waals surface area contributed by atoms with Crippen molar-refractivity contribution < 1.29 is 9.47 Å². The van der Waals surface area contributed by atoms with Gasteiger partial charge in [-0.3, -0.25) is 4.90 Å². The van der Waals surface area contributed by atoms with Crippen LogP contribution in [0.5, 0.6) is 11.5 Å². The summed E-state index contributed by atoms with van der Waals surface area (Å²) < 4.78 is 11.2. The third-order valence-corrected chi connectivity index (χ3v) is 3.83. The van der Waals surface area contributed by atoms with Gasteiger partial charge in [-0.25, -0.2) is 0 Å². The fourth-order valence-electron chi connectivity index (χ4n) is 2.55. The monoisotopic (exact) mass is 278 g/mol. The molecule has 4 nitrogen and oxygen atoms in total. The quantitative estimate of drug-likeness (QED) is 0.869. The van der Waals surface area contributed by atoms with Gasteiger partial charge in [0.05, 0.1) is 7.11 Å². The number of hydrogen-bond acceptors (Lipinski definition) is 4. The Labute approximate surface area is 121 Å². The molecule has 1 aromatic carbocycles. The number of piperidine rings is 1. The van der Waals surface area contributed by atoms with Crippen molar-refractivity contribution in [3.8, 4) is 11.5 Å². The average Bonchev–Trinajstić information content (AvgIpc) is 2.48. The zero-order valence-electron chi connectivity index (χ0n) is 12.6. The van der Waals surface area contributed by atoms with Crippen molar-refractivity contribution in [1.29, 1.82) is 0 Å². The molecule has 0 saturated carbocycles. The summed E-state index contributed by atoms with van der Waals surface area (Å²) in [5.41, 5.74) is 6.94. The number of ether oxygens (including phenoxy) is 2. The second-order valence-electron chi connectivity index (χ2n) is 5.45. The van der Waals surface area contributed by atoms with Crippen molar-refractivity contribution >= 4 is 0 Å². The van der Waals surface area contributed by atoms with Crippen LogP contribution in [0.15, 0.2) is 18.2 Å². The lowest BCUT2D eigenvalue weighted by Gasteiger charge is -2.26. The molecule has 4 heteroatoms. The highest BCUT2D eigenvalue weighted by Crippen LogP contribution is 2.29. The van der Waals surface area contributed by atoms with Gasteiger partial charge in [-0.15, -0.1) is 0 Å². The van der Waals surface area contributed by atoms with E-state index in [1.807, 2.05) is 25.1 Å². The largest absolute Gasteiger partial charge is 0.493 e. The highest BCUT2D eigenvalue weighted by atomic mass is 16.5. The SMILES string of the molecule is COc1cc([C@@H](C)N)ccc1OCCN1CCCCC1. The van der Waals surface area contributed by atoms with Gasteiger partial charge in [0, 0.05) is 12.6 Å². The molecule has 1 saturated heterocycles. The Balaban J connectivity index is 1.88. The van der Waals surface area contributed by atoms with Crippen LogP contribution in [0.3, 0.4) is 0 Å². The molecule has 2 N–H and O–H groups in total. The second kappa shape index (κ2) is 7.50. The van der Waals surface area contributed by atoms with Crippen molar-refractivity contribution in [1.82, 2.24) is 4.90 Å². The first-order chi connectivity index (χ1) is 9.70. The molecule has 1 aliphatic heterocycles. The minimum Gasteiger partial charge on any atom is -0.493 e. The molecule has 20 heavy (non-hydrogen) atoms. The molecular formula is C16H26N2O2. The van der Waals surface area contributed by atoms with E-state index in [9.17, 15) is 0 Å². The molecular weight excluding hydrogens is 252 g/mol. The van der Waals surface area contributed by atoms with E-state index in [1.54, 1.807) is 7.11 Å². The number of benzene rings is 1. The van der Waals surface area contributed by atoms with E-state index in [0.717, 1.165) is 23.6 Å². The Kier molecular flexibility index (Phi) is 5.68. The van der Waals surface area contributed by atoms with Crippen LogP contribution in [0.1, 0.15) is 37.8 Å². The Bertz CT molecular complexity index is 415. The van der Waals surface area contributed by atoms with Crippen molar-refractivity contribution in [3.63, 3.8) is 0 Å². The van der Waals surface area contributed by atoms with Crippen LogP contribution in [-0.2, 0) is 0 Å². The zero-order chi connectivity index (χ0) is 14.4. The molecule has 0 aromatic heterocycles. The Morgan fingerprint density at radius 3 is 2.60 bits per heavy atom. The molecule has 0 bridgehead atoms. The van der Waals surface area contributed by atoms with Gasteiger partial charge in [0.1, 0.15) is 6.61 Å². The summed E-state index contributed by atoms with van der Waals surface area (Å²) in [5, 5.41) is 0. The van der Waals surface area contributed by atoms with Gasteiger partial charge in [0.2, 0.25) is 0 Å². The van der Waals surface area contributed by atoms with Crippen LogP contribution in [0.2, 0.25) is 0 Å². The molecule has 112 valence electrons. The highest BCUT2D eigenvalue weighted by molar-refractivity contribution is 5.43. The van der Waals surface area contributed by atoms with Crippen molar-refractivity contribution in [3.05, 3.63) is 23.8 Å². The van der Waals surface area contributed by atoms with Crippen molar-refractivity contribution in [2.24, 2.45) is 5.73 Å². The number of methoxy groups -OCH3 is 1.